The minimum atomic E-state index is 0. The van der Waals surface area contributed by atoms with E-state index in [1.54, 1.807) is 11.3 Å². The van der Waals surface area contributed by atoms with E-state index in [4.69, 9.17) is 0 Å². The van der Waals surface area contributed by atoms with Crippen molar-refractivity contribution in [1.29, 1.82) is 0 Å². The fourth-order valence-electron chi connectivity index (χ4n) is 2.50. The van der Waals surface area contributed by atoms with Crippen LogP contribution in [0.3, 0.4) is 0 Å². The van der Waals surface area contributed by atoms with Gasteiger partial charge in [-0.3, -0.25) is 4.99 Å². The molecule has 0 saturated carbocycles. The largest absolute Gasteiger partial charge is 0.356 e. The first kappa shape index (κ1) is 21.6. The summed E-state index contributed by atoms with van der Waals surface area (Å²) in [6.07, 6.45) is 1.20. The first-order valence-corrected chi connectivity index (χ1v) is 8.42. The number of halogens is 1. The van der Waals surface area contributed by atoms with Crippen molar-refractivity contribution in [2.45, 2.75) is 54.5 Å². The molecule has 0 bridgehead atoms. The number of aliphatic imine (C=N–C) groups is 1. The van der Waals surface area contributed by atoms with Gasteiger partial charge in [-0.25, -0.2) is 4.98 Å². The normalized spacial score (nSPS) is 12.3. The van der Waals surface area contributed by atoms with Crippen LogP contribution in [0, 0.1) is 25.2 Å². The molecule has 2 N–H and O–H groups in total. The zero-order valence-corrected chi connectivity index (χ0v) is 18.1. The Morgan fingerprint density at radius 3 is 2.36 bits per heavy atom. The Balaban J connectivity index is 0.00000441. The number of hydrogen-bond acceptors (Lipinski definition) is 3. The Hall–Kier alpha value is -0.370. The van der Waals surface area contributed by atoms with Crippen LogP contribution >= 0.6 is 35.3 Å². The lowest BCUT2D eigenvalue weighted by Crippen LogP contribution is -2.42. The van der Waals surface area contributed by atoms with Crippen LogP contribution in [0.15, 0.2) is 4.99 Å². The van der Waals surface area contributed by atoms with Gasteiger partial charge in [-0.15, -0.1) is 35.3 Å². The predicted octanol–water partition coefficient (Wildman–Crippen LogP) is 4.12. The second kappa shape index (κ2) is 9.70. The molecule has 1 heterocycles. The van der Waals surface area contributed by atoms with Crippen LogP contribution in [0.5, 0.6) is 0 Å². The minimum Gasteiger partial charge on any atom is -0.356 e. The molecule has 128 valence electrons. The molecule has 0 spiro atoms. The highest BCUT2D eigenvalue weighted by Crippen LogP contribution is 2.24. The molecule has 4 nitrogen and oxygen atoms in total. The monoisotopic (exact) mass is 438 g/mol. The maximum absolute atomic E-state index is 4.54. The zero-order valence-electron chi connectivity index (χ0n) is 14.9. The number of guanidine groups is 1. The van der Waals surface area contributed by atoms with E-state index in [2.05, 4.69) is 62.2 Å². The summed E-state index contributed by atoms with van der Waals surface area (Å²) in [5, 5.41) is 7.87. The molecule has 0 aromatic carbocycles. The van der Waals surface area contributed by atoms with Gasteiger partial charge in [-0.2, -0.15) is 0 Å². The van der Waals surface area contributed by atoms with E-state index in [-0.39, 0.29) is 29.4 Å². The molecule has 1 rings (SSSR count). The van der Waals surface area contributed by atoms with Crippen LogP contribution < -0.4 is 10.6 Å². The highest BCUT2D eigenvalue weighted by molar-refractivity contribution is 14.0. The van der Waals surface area contributed by atoms with Crippen LogP contribution in [0.4, 0.5) is 0 Å². The van der Waals surface area contributed by atoms with Gasteiger partial charge in [-0.05, 0) is 31.6 Å². The van der Waals surface area contributed by atoms with Crippen LogP contribution in [0.1, 0.15) is 49.7 Å². The maximum Gasteiger partial charge on any atom is 0.191 e. The molecule has 0 saturated heterocycles. The summed E-state index contributed by atoms with van der Waals surface area (Å²) in [5.41, 5.74) is 1.39. The SMILES string of the molecule is CN=C(NCc1nc(C)c(C)s1)NCC(C)(C)CC(C)C.I. The molecule has 0 aliphatic heterocycles. The van der Waals surface area contributed by atoms with Crippen molar-refractivity contribution in [3.63, 3.8) is 0 Å². The number of nitrogens with one attached hydrogen (secondary N) is 2. The van der Waals surface area contributed by atoms with Crippen molar-refractivity contribution in [2.75, 3.05) is 13.6 Å². The Labute approximate surface area is 156 Å². The smallest absolute Gasteiger partial charge is 0.191 e. The lowest BCUT2D eigenvalue weighted by molar-refractivity contribution is 0.286. The van der Waals surface area contributed by atoms with Crippen molar-refractivity contribution in [1.82, 2.24) is 15.6 Å². The summed E-state index contributed by atoms with van der Waals surface area (Å²) in [6, 6.07) is 0. The molecule has 0 amide bonds. The van der Waals surface area contributed by atoms with Crippen molar-refractivity contribution in [2.24, 2.45) is 16.3 Å². The number of thiazole rings is 1. The number of aryl methyl sites for hydroxylation is 2. The molecule has 1 aromatic heterocycles. The topological polar surface area (TPSA) is 49.3 Å². The lowest BCUT2D eigenvalue weighted by Gasteiger charge is -2.27. The highest BCUT2D eigenvalue weighted by Gasteiger charge is 2.19. The van der Waals surface area contributed by atoms with E-state index < -0.39 is 0 Å². The van der Waals surface area contributed by atoms with E-state index in [0.717, 1.165) is 29.8 Å². The molecule has 0 aliphatic rings. The number of aromatic nitrogens is 1. The molecule has 0 aliphatic carbocycles. The van der Waals surface area contributed by atoms with Gasteiger partial charge >= 0.3 is 0 Å². The number of nitrogens with zero attached hydrogens (tertiary/aromatic N) is 2. The molecular weight excluding hydrogens is 407 g/mol. The minimum absolute atomic E-state index is 0. The first-order valence-electron chi connectivity index (χ1n) is 7.61. The van der Waals surface area contributed by atoms with Crippen molar-refractivity contribution < 1.29 is 0 Å². The molecule has 0 radical (unpaired) electrons. The predicted molar refractivity (Wildman–Crippen MR) is 108 cm³/mol. The maximum atomic E-state index is 4.54. The van der Waals surface area contributed by atoms with Crippen molar-refractivity contribution in [3.05, 3.63) is 15.6 Å². The average molecular weight is 438 g/mol. The summed E-state index contributed by atoms with van der Waals surface area (Å²) in [7, 11) is 1.81. The third-order valence-corrected chi connectivity index (χ3v) is 4.47. The summed E-state index contributed by atoms with van der Waals surface area (Å²) in [4.78, 5) is 10.1. The summed E-state index contributed by atoms with van der Waals surface area (Å²) in [6.45, 7) is 14.9. The lowest BCUT2D eigenvalue weighted by atomic mass is 9.84. The standard InChI is InChI=1S/C16H30N4S.HI/c1-11(2)8-16(5,6)10-19-15(17-7)18-9-14-20-12(3)13(4)21-14;/h11H,8-10H2,1-7H3,(H2,17,18,19);1H. The van der Waals surface area contributed by atoms with E-state index in [1.807, 2.05) is 7.05 Å². The molecule has 22 heavy (non-hydrogen) atoms. The van der Waals surface area contributed by atoms with Gasteiger partial charge in [0.2, 0.25) is 0 Å². The summed E-state index contributed by atoms with van der Waals surface area (Å²) >= 11 is 1.74. The van der Waals surface area contributed by atoms with Crippen LogP contribution in [-0.4, -0.2) is 24.5 Å². The van der Waals surface area contributed by atoms with Gasteiger partial charge in [-0.1, -0.05) is 27.7 Å². The van der Waals surface area contributed by atoms with Crippen molar-refractivity contribution in [3.8, 4) is 0 Å². The number of hydrogen-bond donors (Lipinski definition) is 2. The Morgan fingerprint density at radius 1 is 1.27 bits per heavy atom. The number of rotatable bonds is 6. The fraction of sp³-hybridized carbons (Fsp3) is 0.750. The zero-order chi connectivity index (χ0) is 16.0. The van der Waals surface area contributed by atoms with Crippen LogP contribution in [-0.2, 0) is 6.54 Å². The Kier molecular flexibility index (Phi) is 9.54. The molecule has 0 fully saturated rings. The first-order chi connectivity index (χ1) is 9.73. The Morgan fingerprint density at radius 2 is 1.91 bits per heavy atom. The highest BCUT2D eigenvalue weighted by atomic mass is 127. The fourth-order valence-corrected chi connectivity index (χ4v) is 3.37. The van der Waals surface area contributed by atoms with Gasteiger partial charge in [0.15, 0.2) is 5.96 Å². The van der Waals surface area contributed by atoms with Gasteiger partial charge in [0.25, 0.3) is 0 Å². The third-order valence-electron chi connectivity index (χ3n) is 3.40. The van der Waals surface area contributed by atoms with E-state index in [1.165, 1.54) is 11.3 Å². The molecule has 0 atom stereocenters. The van der Waals surface area contributed by atoms with Gasteiger partial charge in [0, 0.05) is 18.5 Å². The molecule has 6 heteroatoms. The molecule has 1 aromatic rings. The van der Waals surface area contributed by atoms with Crippen molar-refractivity contribution >= 4 is 41.3 Å². The van der Waals surface area contributed by atoms with Crippen LogP contribution in [0.25, 0.3) is 0 Å². The second-order valence-electron chi connectivity index (χ2n) is 6.79. The van der Waals surface area contributed by atoms with Gasteiger partial charge in [0.1, 0.15) is 5.01 Å². The summed E-state index contributed by atoms with van der Waals surface area (Å²) < 4.78 is 0. The summed E-state index contributed by atoms with van der Waals surface area (Å²) in [5.74, 6) is 1.55. The average Bonchev–Trinajstić information content (AvgIpc) is 2.67. The Bertz CT molecular complexity index is 461. The molecular formula is C16H31IN4S. The van der Waals surface area contributed by atoms with Crippen LogP contribution in [0.2, 0.25) is 0 Å². The molecule has 0 unspecified atom stereocenters. The quantitative estimate of drug-likeness (QED) is 0.399. The second-order valence-corrected chi connectivity index (χ2v) is 8.08. The van der Waals surface area contributed by atoms with E-state index in [9.17, 15) is 0 Å². The third kappa shape index (κ3) is 7.76. The van der Waals surface area contributed by atoms with Gasteiger partial charge < -0.3 is 10.6 Å². The van der Waals surface area contributed by atoms with E-state index in [0.29, 0.717) is 5.92 Å². The van der Waals surface area contributed by atoms with E-state index >= 15 is 0 Å². The van der Waals surface area contributed by atoms with Gasteiger partial charge in [0.05, 0.1) is 12.2 Å².